The zero-order valence-corrected chi connectivity index (χ0v) is 20.3. The molecule has 0 saturated carbocycles. The van der Waals surface area contributed by atoms with Gasteiger partial charge in [-0.2, -0.15) is 5.10 Å². The maximum Gasteiger partial charge on any atom is 0.273 e. The van der Waals surface area contributed by atoms with Crippen molar-refractivity contribution in [3.05, 3.63) is 112 Å². The van der Waals surface area contributed by atoms with E-state index in [9.17, 15) is 4.79 Å². The largest absolute Gasteiger partial charge is 0.490 e. The van der Waals surface area contributed by atoms with Gasteiger partial charge in [0.05, 0.1) is 29.1 Å². The summed E-state index contributed by atoms with van der Waals surface area (Å²) in [6, 6.07) is 22.7. The highest BCUT2D eigenvalue weighted by atomic mass is 35.5. The summed E-state index contributed by atoms with van der Waals surface area (Å²) in [5.41, 5.74) is 6.74. The molecule has 3 aromatic carbocycles. The van der Waals surface area contributed by atoms with Crippen molar-refractivity contribution in [3.63, 3.8) is 0 Å². The minimum atomic E-state index is -0.320. The molecule has 0 radical (unpaired) electrons. The van der Waals surface area contributed by atoms with Crippen molar-refractivity contribution in [2.75, 3.05) is 6.61 Å². The van der Waals surface area contributed by atoms with Crippen LogP contribution in [0.25, 0.3) is 5.69 Å². The lowest BCUT2D eigenvalue weighted by atomic mass is 10.1. The van der Waals surface area contributed by atoms with Gasteiger partial charge in [-0.25, -0.2) is 5.43 Å². The van der Waals surface area contributed by atoms with Crippen molar-refractivity contribution < 1.29 is 14.3 Å². The molecule has 1 N–H and O–H groups in total. The lowest BCUT2D eigenvalue weighted by molar-refractivity contribution is 0.0955. The molecule has 35 heavy (non-hydrogen) atoms. The number of nitrogens with one attached hydrogen (secondary N) is 1. The molecule has 0 aliphatic rings. The average Bonchev–Trinajstić information content (AvgIpc) is 3.40. The van der Waals surface area contributed by atoms with Gasteiger partial charge in [0, 0.05) is 12.4 Å². The van der Waals surface area contributed by atoms with E-state index in [1.54, 1.807) is 18.2 Å². The van der Waals surface area contributed by atoms with Crippen LogP contribution < -0.4 is 14.9 Å². The Hall–Kier alpha value is -4.03. The predicted molar refractivity (Wildman–Crippen MR) is 139 cm³/mol. The molecule has 0 atom stereocenters. The van der Waals surface area contributed by atoms with Gasteiger partial charge in [0.1, 0.15) is 6.61 Å². The molecular formula is C28H26ClN3O3. The molecule has 0 aliphatic carbocycles. The first-order valence-electron chi connectivity index (χ1n) is 11.3. The Morgan fingerprint density at radius 2 is 1.77 bits per heavy atom. The van der Waals surface area contributed by atoms with Crippen LogP contribution in [-0.2, 0) is 6.61 Å². The fourth-order valence-electron chi connectivity index (χ4n) is 3.60. The van der Waals surface area contributed by atoms with Crippen molar-refractivity contribution in [1.29, 1.82) is 0 Å². The van der Waals surface area contributed by atoms with Gasteiger partial charge in [-0.15, -0.1) is 0 Å². The number of benzene rings is 3. The number of hydrogen-bond acceptors (Lipinski definition) is 4. The monoisotopic (exact) mass is 487 g/mol. The molecule has 6 nitrogen and oxygen atoms in total. The predicted octanol–water partition coefficient (Wildman–Crippen LogP) is 6.18. The first-order valence-corrected chi connectivity index (χ1v) is 11.6. The van der Waals surface area contributed by atoms with Crippen LogP contribution in [0.1, 0.15) is 34.0 Å². The van der Waals surface area contributed by atoms with Gasteiger partial charge in [-0.1, -0.05) is 48.0 Å². The first-order chi connectivity index (χ1) is 17.1. The molecule has 0 saturated heterocycles. The highest BCUT2D eigenvalue weighted by molar-refractivity contribution is 6.32. The number of ether oxygens (including phenoxy) is 2. The molecule has 0 bridgehead atoms. The Bertz CT molecular complexity index is 1330. The number of carbonyl (C=O) groups excluding carboxylic acids is 1. The minimum Gasteiger partial charge on any atom is -0.490 e. The Kier molecular flexibility index (Phi) is 7.85. The normalized spacial score (nSPS) is 10.9. The van der Waals surface area contributed by atoms with Crippen LogP contribution in [0.15, 0.2) is 90.3 Å². The van der Waals surface area contributed by atoms with Crippen LogP contribution in [0.5, 0.6) is 11.5 Å². The summed E-state index contributed by atoms with van der Waals surface area (Å²) in [4.78, 5) is 12.8. The van der Waals surface area contributed by atoms with Crippen molar-refractivity contribution >= 4 is 23.7 Å². The third-order valence-corrected chi connectivity index (χ3v) is 5.66. The van der Waals surface area contributed by atoms with E-state index in [1.807, 2.05) is 85.4 Å². The fraction of sp³-hybridized carbons (Fsp3) is 0.143. The van der Waals surface area contributed by atoms with Crippen molar-refractivity contribution in [2.24, 2.45) is 5.10 Å². The van der Waals surface area contributed by atoms with E-state index < -0.39 is 0 Å². The Balaban J connectivity index is 1.49. The van der Waals surface area contributed by atoms with Crippen molar-refractivity contribution in [2.45, 2.75) is 20.5 Å². The van der Waals surface area contributed by atoms with Gasteiger partial charge in [0.2, 0.25) is 0 Å². The second-order valence-corrected chi connectivity index (χ2v) is 8.19. The average molecular weight is 488 g/mol. The first kappa shape index (κ1) is 24.1. The molecule has 4 aromatic rings. The summed E-state index contributed by atoms with van der Waals surface area (Å²) >= 11 is 6.53. The van der Waals surface area contributed by atoms with Gasteiger partial charge in [-0.3, -0.25) is 4.79 Å². The number of amides is 1. The van der Waals surface area contributed by atoms with E-state index in [0.717, 1.165) is 16.8 Å². The summed E-state index contributed by atoms with van der Waals surface area (Å²) in [7, 11) is 0. The van der Waals surface area contributed by atoms with E-state index in [-0.39, 0.29) is 5.91 Å². The Morgan fingerprint density at radius 1 is 1.03 bits per heavy atom. The molecule has 7 heteroatoms. The van der Waals surface area contributed by atoms with Gasteiger partial charge in [0.15, 0.2) is 11.5 Å². The number of aromatic nitrogens is 1. The summed E-state index contributed by atoms with van der Waals surface area (Å²) < 4.78 is 13.7. The number of carbonyl (C=O) groups is 1. The molecule has 0 aliphatic heterocycles. The number of hydrazone groups is 1. The maximum atomic E-state index is 12.8. The molecule has 0 fully saturated rings. The maximum absolute atomic E-state index is 12.8. The summed E-state index contributed by atoms with van der Waals surface area (Å²) in [5.74, 6) is 0.665. The molecule has 1 heterocycles. The van der Waals surface area contributed by atoms with Crippen LogP contribution in [0.3, 0.4) is 0 Å². The lowest BCUT2D eigenvalue weighted by Gasteiger charge is -2.15. The van der Waals surface area contributed by atoms with E-state index >= 15 is 0 Å². The third kappa shape index (κ3) is 5.91. The van der Waals surface area contributed by atoms with E-state index in [1.165, 1.54) is 6.21 Å². The Morgan fingerprint density at radius 3 is 2.54 bits per heavy atom. The second-order valence-electron chi connectivity index (χ2n) is 7.78. The molecule has 178 valence electrons. The van der Waals surface area contributed by atoms with Gasteiger partial charge < -0.3 is 14.0 Å². The molecule has 4 rings (SSSR count). The summed E-state index contributed by atoms with van der Waals surface area (Å²) in [6.45, 7) is 4.75. The minimum absolute atomic E-state index is 0.320. The van der Waals surface area contributed by atoms with E-state index in [0.29, 0.717) is 40.9 Å². The van der Waals surface area contributed by atoms with Crippen LogP contribution in [0.2, 0.25) is 5.02 Å². The van der Waals surface area contributed by atoms with E-state index in [4.69, 9.17) is 21.1 Å². The standard InChI is InChI=1S/C28H26ClN3O3/c1-3-34-26-17-21(16-24(29)27(26)35-19-22-11-5-4-10-20(22)2)18-30-31-28(33)23-12-6-7-13-25(23)32-14-8-9-15-32/h4-18H,3,19H2,1-2H3,(H,31,33)/b30-18-. The molecular weight excluding hydrogens is 462 g/mol. The molecule has 0 unspecified atom stereocenters. The molecule has 1 amide bonds. The smallest absolute Gasteiger partial charge is 0.273 e. The van der Waals surface area contributed by atoms with Gasteiger partial charge in [-0.05, 0) is 66.9 Å². The van der Waals surface area contributed by atoms with E-state index in [2.05, 4.69) is 10.5 Å². The number of halogens is 1. The number of nitrogens with zero attached hydrogens (tertiary/aromatic N) is 2. The Labute approximate surface area is 209 Å². The van der Waals surface area contributed by atoms with Crippen LogP contribution in [-0.4, -0.2) is 23.3 Å². The zero-order chi connectivity index (χ0) is 24.6. The summed E-state index contributed by atoms with van der Waals surface area (Å²) in [5, 5.41) is 4.53. The zero-order valence-electron chi connectivity index (χ0n) is 19.6. The fourth-order valence-corrected chi connectivity index (χ4v) is 3.87. The third-order valence-electron chi connectivity index (χ3n) is 5.38. The highest BCUT2D eigenvalue weighted by Gasteiger charge is 2.14. The van der Waals surface area contributed by atoms with Gasteiger partial charge in [0.25, 0.3) is 5.91 Å². The van der Waals surface area contributed by atoms with Crippen molar-refractivity contribution in [1.82, 2.24) is 9.99 Å². The number of aryl methyl sites for hydroxylation is 1. The number of rotatable bonds is 9. The quantitative estimate of drug-likeness (QED) is 0.226. The molecule has 1 aromatic heterocycles. The number of para-hydroxylation sites is 1. The lowest BCUT2D eigenvalue weighted by Crippen LogP contribution is -2.19. The highest BCUT2D eigenvalue weighted by Crippen LogP contribution is 2.37. The van der Waals surface area contributed by atoms with Crippen LogP contribution >= 0.6 is 11.6 Å². The van der Waals surface area contributed by atoms with Crippen LogP contribution in [0.4, 0.5) is 0 Å². The van der Waals surface area contributed by atoms with Gasteiger partial charge >= 0.3 is 0 Å². The van der Waals surface area contributed by atoms with Crippen LogP contribution in [0, 0.1) is 6.92 Å². The topological polar surface area (TPSA) is 64.8 Å². The number of hydrogen-bond donors (Lipinski definition) is 1. The van der Waals surface area contributed by atoms with Crippen molar-refractivity contribution in [3.8, 4) is 17.2 Å². The summed E-state index contributed by atoms with van der Waals surface area (Å²) in [6.07, 6.45) is 5.29. The SMILES string of the molecule is CCOc1cc(/C=N\NC(=O)c2ccccc2-n2cccc2)cc(Cl)c1OCc1ccccc1C. The molecule has 0 spiro atoms. The second kappa shape index (κ2) is 11.4.